The van der Waals surface area contributed by atoms with Gasteiger partial charge in [-0.1, -0.05) is 30.3 Å². The molecule has 0 radical (unpaired) electrons. The SMILES string of the molecule is CCOC(=O)c1ccccc1NC(=O)NCCCOc1ccccc1. The summed E-state index contributed by atoms with van der Waals surface area (Å²) in [4.78, 5) is 23.8. The third kappa shape index (κ3) is 6.18. The van der Waals surface area contributed by atoms with Gasteiger partial charge in [0.1, 0.15) is 5.75 Å². The topological polar surface area (TPSA) is 76.7 Å². The Hall–Kier alpha value is -3.02. The van der Waals surface area contributed by atoms with Crippen molar-refractivity contribution in [1.82, 2.24) is 5.32 Å². The first-order valence-corrected chi connectivity index (χ1v) is 8.19. The van der Waals surface area contributed by atoms with Crippen molar-refractivity contribution in [2.75, 3.05) is 25.1 Å². The molecule has 2 N–H and O–H groups in total. The van der Waals surface area contributed by atoms with Crippen LogP contribution in [0.2, 0.25) is 0 Å². The Morgan fingerprint density at radius 2 is 1.72 bits per heavy atom. The van der Waals surface area contributed by atoms with Crippen molar-refractivity contribution >= 4 is 17.7 Å². The van der Waals surface area contributed by atoms with Gasteiger partial charge in [-0.05, 0) is 37.6 Å². The summed E-state index contributed by atoms with van der Waals surface area (Å²) in [7, 11) is 0. The number of amides is 2. The molecule has 0 aliphatic heterocycles. The molecule has 0 aromatic heterocycles. The number of hydrogen-bond acceptors (Lipinski definition) is 4. The van der Waals surface area contributed by atoms with E-state index in [1.165, 1.54) is 0 Å². The third-order valence-electron chi connectivity index (χ3n) is 3.29. The minimum absolute atomic E-state index is 0.279. The molecule has 25 heavy (non-hydrogen) atoms. The number of hydrogen-bond donors (Lipinski definition) is 2. The number of rotatable bonds is 8. The highest BCUT2D eigenvalue weighted by Gasteiger charge is 2.13. The van der Waals surface area contributed by atoms with Crippen LogP contribution in [0.4, 0.5) is 10.5 Å². The number of carbonyl (C=O) groups is 2. The molecular weight excluding hydrogens is 320 g/mol. The zero-order valence-electron chi connectivity index (χ0n) is 14.2. The lowest BCUT2D eigenvalue weighted by Crippen LogP contribution is -2.31. The molecule has 2 rings (SSSR count). The van der Waals surface area contributed by atoms with Crippen molar-refractivity contribution in [3.63, 3.8) is 0 Å². The molecule has 6 heteroatoms. The Balaban J connectivity index is 1.74. The van der Waals surface area contributed by atoms with Gasteiger partial charge >= 0.3 is 12.0 Å². The van der Waals surface area contributed by atoms with Crippen LogP contribution >= 0.6 is 0 Å². The van der Waals surface area contributed by atoms with Crippen LogP contribution in [-0.4, -0.2) is 31.8 Å². The predicted octanol–water partition coefficient (Wildman–Crippen LogP) is 3.45. The molecular formula is C19H22N2O4. The molecule has 0 spiro atoms. The van der Waals surface area contributed by atoms with Gasteiger partial charge in [0.05, 0.1) is 24.5 Å². The number of esters is 1. The van der Waals surface area contributed by atoms with Crippen LogP contribution in [0.25, 0.3) is 0 Å². The monoisotopic (exact) mass is 342 g/mol. The molecule has 0 bridgehead atoms. The Labute approximate surface area is 147 Å². The van der Waals surface area contributed by atoms with Crippen LogP contribution in [0.15, 0.2) is 54.6 Å². The zero-order valence-corrected chi connectivity index (χ0v) is 14.2. The molecule has 0 heterocycles. The summed E-state index contributed by atoms with van der Waals surface area (Å²) in [6, 6.07) is 15.8. The van der Waals surface area contributed by atoms with Crippen molar-refractivity contribution in [1.29, 1.82) is 0 Å². The summed E-state index contributed by atoms with van der Waals surface area (Å²) in [5.41, 5.74) is 0.742. The van der Waals surface area contributed by atoms with E-state index in [0.29, 0.717) is 30.8 Å². The van der Waals surface area contributed by atoms with Crippen LogP contribution < -0.4 is 15.4 Å². The lowest BCUT2D eigenvalue weighted by Gasteiger charge is -2.11. The first-order valence-electron chi connectivity index (χ1n) is 8.19. The highest BCUT2D eigenvalue weighted by Crippen LogP contribution is 2.16. The van der Waals surface area contributed by atoms with E-state index >= 15 is 0 Å². The van der Waals surface area contributed by atoms with Crippen LogP contribution in [0.1, 0.15) is 23.7 Å². The summed E-state index contributed by atoms with van der Waals surface area (Å²) in [5.74, 6) is 0.338. The van der Waals surface area contributed by atoms with Crippen molar-refractivity contribution < 1.29 is 19.1 Å². The lowest BCUT2D eigenvalue weighted by molar-refractivity contribution is 0.0527. The summed E-state index contributed by atoms with van der Waals surface area (Å²) in [5, 5.41) is 5.40. The molecule has 0 atom stereocenters. The van der Waals surface area contributed by atoms with Gasteiger partial charge in [0.15, 0.2) is 0 Å². The number of nitrogens with one attached hydrogen (secondary N) is 2. The number of urea groups is 1. The van der Waals surface area contributed by atoms with Crippen molar-refractivity contribution in [2.24, 2.45) is 0 Å². The fourth-order valence-corrected chi connectivity index (χ4v) is 2.13. The fraction of sp³-hybridized carbons (Fsp3) is 0.263. The minimum atomic E-state index is -0.463. The average molecular weight is 342 g/mol. The van der Waals surface area contributed by atoms with E-state index in [1.54, 1.807) is 31.2 Å². The Bertz CT molecular complexity index is 689. The molecule has 2 aromatic carbocycles. The number of benzene rings is 2. The molecule has 0 unspecified atom stereocenters. The lowest BCUT2D eigenvalue weighted by atomic mass is 10.2. The molecule has 2 aromatic rings. The maximum Gasteiger partial charge on any atom is 0.340 e. The van der Waals surface area contributed by atoms with Gasteiger partial charge in [-0.3, -0.25) is 0 Å². The summed E-state index contributed by atoms with van der Waals surface area (Å²) in [6.45, 7) is 2.98. The van der Waals surface area contributed by atoms with Gasteiger partial charge in [-0.15, -0.1) is 0 Å². The number of carbonyl (C=O) groups excluding carboxylic acids is 2. The van der Waals surface area contributed by atoms with Crippen LogP contribution in [0.5, 0.6) is 5.75 Å². The second-order valence-corrected chi connectivity index (χ2v) is 5.16. The van der Waals surface area contributed by atoms with Gasteiger partial charge in [0.2, 0.25) is 0 Å². The molecule has 0 saturated carbocycles. The quantitative estimate of drug-likeness (QED) is 0.569. The maximum absolute atomic E-state index is 12.0. The smallest absolute Gasteiger partial charge is 0.340 e. The molecule has 0 fully saturated rings. The van der Waals surface area contributed by atoms with E-state index in [1.807, 2.05) is 30.3 Å². The number of ether oxygens (including phenoxy) is 2. The van der Waals surface area contributed by atoms with E-state index in [-0.39, 0.29) is 12.6 Å². The van der Waals surface area contributed by atoms with Gasteiger partial charge in [-0.2, -0.15) is 0 Å². The normalized spacial score (nSPS) is 9.96. The highest BCUT2D eigenvalue weighted by molar-refractivity contribution is 6.00. The van der Waals surface area contributed by atoms with Crippen molar-refractivity contribution in [3.05, 3.63) is 60.2 Å². The first-order chi connectivity index (χ1) is 12.2. The van der Waals surface area contributed by atoms with Crippen LogP contribution in [-0.2, 0) is 4.74 Å². The summed E-state index contributed by atoms with van der Waals surface area (Å²) in [6.07, 6.45) is 0.668. The van der Waals surface area contributed by atoms with E-state index in [2.05, 4.69) is 10.6 Å². The highest BCUT2D eigenvalue weighted by atomic mass is 16.5. The van der Waals surface area contributed by atoms with Gasteiger partial charge in [-0.25, -0.2) is 9.59 Å². The van der Waals surface area contributed by atoms with E-state index in [0.717, 1.165) is 5.75 Å². The first kappa shape index (κ1) is 18.3. The average Bonchev–Trinajstić information content (AvgIpc) is 2.63. The molecule has 6 nitrogen and oxygen atoms in total. The van der Waals surface area contributed by atoms with Crippen LogP contribution in [0.3, 0.4) is 0 Å². The molecule has 0 aliphatic rings. The second-order valence-electron chi connectivity index (χ2n) is 5.16. The Kier molecular flexibility index (Phi) is 7.31. The Morgan fingerprint density at radius 1 is 1.00 bits per heavy atom. The number of anilines is 1. The molecule has 0 aliphatic carbocycles. The number of para-hydroxylation sites is 2. The minimum Gasteiger partial charge on any atom is -0.494 e. The summed E-state index contributed by atoms with van der Waals surface area (Å²) >= 11 is 0. The van der Waals surface area contributed by atoms with E-state index in [4.69, 9.17) is 9.47 Å². The Morgan fingerprint density at radius 3 is 2.48 bits per heavy atom. The molecule has 132 valence electrons. The zero-order chi connectivity index (χ0) is 17.9. The van der Waals surface area contributed by atoms with E-state index in [9.17, 15) is 9.59 Å². The van der Waals surface area contributed by atoms with Crippen LogP contribution in [0, 0.1) is 0 Å². The largest absolute Gasteiger partial charge is 0.494 e. The summed E-state index contributed by atoms with van der Waals surface area (Å²) < 4.78 is 10.5. The molecule has 2 amide bonds. The second kappa shape index (κ2) is 9.97. The predicted molar refractivity (Wildman–Crippen MR) is 96.0 cm³/mol. The van der Waals surface area contributed by atoms with Crippen molar-refractivity contribution in [3.8, 4) is 5.75 Å². The van der Waals surface area contributed by atoms with E-state index < -0.39 is 5.97 Å². The standard InChI is InChI=1S/C19H22N2O4/c1-2-24-18(22)16-11-6-7-12-17(16)21-19(23)20-13-8-14-25-15-9-4-3-5-10-15/h3-7,9-12H,2,8,13-14H2,1H3,(H2,20,21,23). The van der Waals surface area contributed by atoms with Gasteiger partial charge < -0.3 is 20.1 Å². The fourth-order valence-electron chi connectivity index (χ4n) is 2.13. The van der Waals surface area contributed by atoms with Gasteiger partial charge in [0, 0.05) is 6.54 Å². The van der Waals surface area contributed by atoms with Crippen molar-refractivity contribution in [2.45, 2.75) is 13.3 Å². The molecule has 0 saturated heterocycles. The third-order valence-corrected chi connectivity index (χ3v) is 3.29. The maximum atomic E-state index is 12.0. The van der Waals surface area contributed by atoms with Gasteiger partial charge in [0.25, 0.3) is 0 Å².